The minimum absolute atomic E-state index is 0.00494. The van der Waals surface area contributed by atoms with Crippen molar-refractivity contribution in [2.24, 2.45) is 5.41 Å². The average Bonchev–Trinajstić information content (AvgIpc) is 3.30. The molecule has 0 aliphatic rings. The molecular formula is C26H27FN6O3S. The van der Waals surface area contributed by atoms with E-state index in [0.29, 0.717) is 51.8 Å². The Hall–Kier alpha value is -3.96. The zero-order valence-electron chi connectivity index (χ0n) is 20.3. The molecule has 0 fully saturated rings. The van der Waals surface area contributed by atoms with Crippen LogP contribution < -0.4 is 15.4 Å². The number of hydrogen-bond donors (Lipinski definition) is 5. The Bertz CT molecular complexity index is 1460. The van der Waals surface area contributed by atoms with Gasteiger partial charge in [-0.25, -0.2) is 14.4 Å². The summed E-state index contributed by atoms with van der Waals surface area (Å²) in [6.45, 7) is 3.87. The molecule has 0 unspecified atom stereocenters. The zero-order chi connectivity index (χ0) is 26.6. The molecule has 37 heavy (non-hydrogen) atoms. The van der Waals surface area contributed by atoms with Crippen molar-refractivity contribution in [2.75, 3.05) is 18.5 Å². The number of nitrogens with zero attached hydrogens (tertiary/aromatic N) is 3. The third-order valence-corrected chi connectivity index (χ3v) is 6.19. The van der Waals surface area contributed by atoms with Crippen molar-refractivity contribution in [1.82, 2.24) is 19.9 Å². The SMILES string of the molecule is CC(C)(CO)C(=O)NCCn1ccc2ncnc(Nc3ccc(Oc4cccc(S)c4C=N)c(F)c3)c21. The van der Waals surface area contributed by atoms with Crippen LogP contribution in [0.3, 0.4) is 0 Å². The Morgan fingerprint density at radius 2 is 2.05 bits per heavy atom. The van der Waals surface area contributed by atoms with E-state index in [-0.39, 0.29) is 18.3 Å². The molecule has 4 rings (SSSR count). The third kappa shape index (κ3) is 5.73. The molecule has 2 aromatic heterocycles. The fourth-order valence-corrected chi connectivity index (χ4v) is 3.86. The van der Waals surface area contributed by atoms with Crippen LogP contribution in [0.15, 0.2) is 59.9 Å². The van der Waals surface area contributed by atoms with Crippen LogP contribution in [0.5, 0.6) is 11.5 Å². The molecule has 11 heteroatoms. The topological polar surface area (TPSA) is 125 Å². The first-order valence-electron chi connectivity index (χ1n) is 11.5. The lowest BCUT2D eigenvalue weighted by Crippen LogP contribution is -2.40. The number of fused-ring (bicyclic) bond motifs is 1. The number of carbonyl (C=O) groups is 1. The number of aromatic nitrogens is 3. The highest BCUT2D eigenvalue weighted by Gasteiger charge is 2.26. The molecule has 9 nitrogen and oxygen atoms in total. The highest BCUT2D eigenvalue weighted by molar-refractivity contribution is 7.80. The van der Waals surface area contributed by atoms with Gasteiger partial charge in [0, 0.05) is 47.7 Å². The van der Waals surface area contributed by atoms with Crippen molar-refractivity contribution >= 4 is 47.3 Å². The molecule has 0 aliphatic heterocycles. The second-order valence-corrected chi connectivity index (χ2v) is 9.45. The largest absolute Gasteiger partial charge is 0.454 e. The van der Waals surface area contributed by atoms with Gasteiger partial charge in [-0.2, -0.15) is 0 Å². The molecule has 2 aromatic carbocycles. The quantitative estimate of drug-likeness (QED) is 0.154. The predicted molar refractivity (Wildman–Crippen MR) is 143 cm³/mol. The molecule has 4 aromatic rings. The number of ether oxygens (including phenoxy) is 1. The zero-order valence-corrected chi connectivity index (χ0v) is 21.2. The van der Waals surface area contributed by atoms with E-state index in [0.717, 1.165) is 6.21 Å². The van der Waals surface area contributed by atoms with Crippen LogP contribution in [0.1, 0.15) is 19.4 Å². The number of aliphatic hydroxyl groups excluding tert-OH is 1. The van der Waals surface area contributed by atoms with Gasteiger partial charge in [0.05, 0.1) is 17.5 Å². The van der Waals surface area contributed by atoms with E-state index in [1.165, 1.54) is 18.5 Å². The lowest BCUT2D eigenvalue weighted by atomic mass is 9.94. The molecule has 2 heterocycles. The number of aliphatic hydroxyl groups is 1. The number of amides is 1. The molecule has 192 valence electrons. The first-order chi connectivity index (χ1) is 17.7. The second kappa shape index (κ2) is 11.0. The van der Waals surface area contributed by atoms with Crippen molar-refractivity contribution in [3.8, 4) is 11.5 Å². The van der Waals surface area contributed by atoms with Crippen molar-refractivity contribution in [1.29, 1.82) is 5.41 Å². The van der Waals surface area contributed by atoms with Gasteiger partial charge in [0.1, 0.15) is 17.6 Å². The van der Waals surface area contributed by atoms with Gasteiger partial charge >= 0.3 is 0 Å². The van der Waals surface area contributed by atoms with Gasteiger partial charge in [-0.15, -0.1) is 12.6 Å². The van der Waals surface area contributed by atoms with E-state index >= 15 is 0 Å². The monoisotopic (exact) mass is 522 g/mol. The summed E-state index contributed by atoms with van der Waals surface area (Å²) in [6, 6.07) is 11.4. The van der Waals surface area contributed by atoms with Crippen LogP contribution in [-0.2, 0) is 11.3 Å². The van der Waals surface area contributed by atoms with Crippen molar-refractivity contribution in [3.05, 3.63) is 66.4 Å². The van der Waals surface area contributed by atoms with Crippen molar-refractivity contribution in [2.45, 2.75) is 25.3 Å². The number of hydrogen-bond acceptors (Lipinski definition) is 8. The first-order valence-corrected chi connectivity index (χ1v) is 11.9. The number of anilines is 2. The van der Waals surface area contributed by atoms with Crippen molar-refractivity contribution in [3.63, 3.8) is 0 Å². The van der Waals surface area contributed by atoms with E-state index in [1.807, 2.05) is 16.8 Å². The Morgan fingerprint density at radius 1 is 1.24 bits per heavy atom. The minimum atomic E-state index is -0.870. The summed E-state index contributed by atoms with van der Waals surface area (Å²) in [5, 5.41) is 22.9. The molecule has 0 spiro atoms. The molecule has 0 radical (unpaired) electrons. The van der Waals surface area contributed by atoms with E-state index in [2.05, 4.69) is 33.2 Å². The first kappa shape index (κ1) is 26.1. The second-order valence-electron chi connectivity index (χ2n) is 8.97. The Kier molecular flexibility index (Phi) is 7.74. The Balaban J connectivity index is 1.52. The van der Waals surface area contributed by atoms with Gasteiger partial charge in [-0.3, -0.25) is 4.79 Å². The summed E-state index contributed by atoms with van der Waals surface area (Å²) < 4.78 is 22.5. The third-order valence-electron chi connectivity index (χ3n) is 5.80. The standard InChI is InChI=1S/C26H27FN6O3S/c1-26(2,14-34)25(35)29-9-11-33-10-8-19-23(33)24(31-15-30-19)32-16-6-7-21(18(27)12-16)36-20-4-3-5-22(37)17(20)13-28/h3-8,10,12-13,15,28,34,37H,9,11,14H2,1-2H3,(H,29,35)(H,30,31,32). The van der Waals surface area contributed by atoms with Crippen LogP contribution in [0.25, 0.3) is 11.0 Å². The van der Waals surface area contributed by atoms with E-state index in [9.17, 15) is 14.3 Å². The summed E-state index contributed by atoms with van der Waals surface area (Å²) in [4.78, 5) is 21.4. The van der Waals surface area contributed by atoms with Crippen LogP contribution in [0.2, 0.25) is 0 Å². The molecule has 0 saturated heterocycles. The van der Waals surface area contributed by atoms with E-state index in [1.54, 1.807) is 38.1 Å². The maximum Gasteiger partial charge on any atom is 0.228 e. The molecule has 1 amide bonds. The maximum atomic E-state index is 14.9. The van der Waals surface area contributed by atoms with Crippen molar-refractivity contribution < 1.29 is 19.0 Å². The number of thiol groups is 1. The minimum Gasteiger partial charge on any atom is -0.454 e. The Morgan fingerprint density at radius 3 is 2.78 bits per heavy atom. The molecular weight excluding hydrogens is 495 g/mol. The summed E-state index contributed by atoms with van der Waals surface area (Å²) in [7, 11) is 0. The highest BCUT2D eigenvalue weighted by atomic mass is 32.1. The predicted octanol–water partition coefficient (Wildman–Crippen LogP) is 4.53. The summed E-state index contributed by atoms with van der Waals surface area (Å²) in [5.74, 6) is -0.0377. The lowest BCUT2D eigenvalue weighted by Gasteiger charge is -2.20. The van der Waals surface area contributed by atoms with Gasteiger partial charge in [-0.1, -0.05) is 6.07 Å². The number of rotatable bonds is 10. The van der Waals surface area contributed by atoms with Crippen LogP contribution in [-0.4, -0.2) is 44.9 Å². The molecule has 0 aliphatic carbocycles. The number of nitrogens with one attached hydrogen (secondary N) is 3. The molecule has 0 atom stereocenters. The molecule has 0 bridgehead atoms. The summed E-state index contributed by atoms with van der Waals surface area (Å²) in [5.41, 5.74) is 1.41. The van der Waals surface area contributed by atoms with E-state index in [4.69, 9.17) is 10.1 Å². The average molecular weight is 523 g/mol. The summed E-state index contributed by atoms with van der Waals surface area (Å²) in [6.07, 6.45) is 4.36. The van der Waals surface area contributed by atoms with Crippen LogP contribution in [0.4, 0.5) is 15.9 Å². The Labute approximate surface area is 218 Å². The number of halogens is 1. The van der Waals surface area contributed by atoms with E-state index < -0.39 is 11.2 Å². The number of benzene rings is 2. The van der Waals surface area contributed by atoms with Gasteiger partial charge < -0.3 is 30.5 Å². The summed E-state index contributed by atoms with van der Waals surface area (Å²) >= 11 is 4.31. The van der Waals surface area contributed by atoms with Gasteiger partial charge in [0.15, 0.2) is 17.4 Å². The van der Waals surface area contributed by atoms with Crippen LogP contribution >= 0.6 is 12.6 Å². The maximum absolute atomic E-state index is 14.9. The fraction of sp³-hybridized carbons (Fsp3) is 0.231. The van der Waals surface area contributed by atoms with Gasteiger partial charge in [-0.05, 0) is 44.2 Å². The lowest BCUT2D eigenvalue weighted by molar-refractivity contribution is -0.131. The number of carbonyl (C=O) groups excluding carboxylic acids is 1. The fourth-order valence-electron chi connectivity index (χ4n) is 3.59. The normalized spacial score (nSPS) is 11.4. The highest BCUT2D eigenvalue weighted by Crippen LogP contribution is 2.32. The smallest absolute Gasteiger partial charge is 0.228 e. The van der Waals surface area contributed by atoms with Crippen LogP contribution in [0, 0.1) is 16.6 Å². The molecule has 0 saturated carbocycles. The van der Waals surface area contributed by atoms with Gasteiger partial charge in [0.2, 0.25) is 5.91 Å². The molecule has 4 N–H and O–H groups in total. The van der Waals surface area contributed by atoms with Gasteiger partial charge in [0.25, 0.3) is 0 Å².